The van der Waals surface area contributed by atoms with E-state index in [2.05, 4.69) is 32.2 Å². The van der Waals surface area contributed by atoms with Crippen LogP contribution in [0, 0.1) is 0 Å². The Morgan fingerprint density at radius 1 is 1.32 bits per heavy atom. The number of carbonyl (C=O) groups is 2. The van der Waals surface area contributed by atoms with Crippen LogP contribution in [0.5, 0.6) is 0 Å². The van der Waals surface area contributed by atoms with Gasteiger partial charge < -0.3 is 20.5 Å². The number of nitrogens with zero attached hydrogens (tertiary/aromatic N) is 3. The Labute approximate surface area is 163 Å². The first-order chi connectivity index (χ1) is 13.5. The van der Waals surface area contributed by atoms with Crippen LogP contribution in [0.1, 0.15) is 49.9 Å². The fraction of sp³-hybridized carbons (Fsp3) is 0.500. The lowest BCUT2D eigenvalue weighted by Gasteiger charge is -2.38. The predicted molar refractivity (Wildman–Crippen MR) is 107 cm³/mol. The summed E-state index contributed by atoms with van der Waals surface area (Å²) < 4.78 is 0. The Hall–Kier alpha value is -2.90. The lowest BCUT2D eigenvalue weighted by molar-refractivity contribution is -0.130. The van der Waals surface area contributed by atoms with Crippen molar-refractivity contribution in [3.05, 3.63) is 30.6 Å². The Morgan fingerprint density at radius 2 is 2.04 bits per heavy atom. The van der Waals surface area contributed by atoms with Crippen LogP contribution in [0.25, 0.3) is 11.2 Å². The minimum atomic E-state index is -0.165. The number of amides is 2. The highest BCUT2D eigenvalue weighted by Gasteiger charge is 2.42. The first-order valence-electron chi connectivity index (χ1n) is 9.82. The maximum atomic E-state index is 12.4. The van der Waals surface area contributed by atoms with Gasteiger partial charge in [-0.25, -0.2) is 9.97 Å². The largest absolute Gasteiger partial charge is 0.366 e. The van der Waals surface area contributed by atoms with Crippen molar-refractivity contribution < 1.29 is 9.59 Å². The molecule has 0 radical (unpaired) electrons. The molecule has 3 N–H and O–H groups in total. The third-order valence-corrected chi connectivity index (χ3v) is 5.56. The number of aromatic amines is 1. The zero-order chi connectivity index (χ0) is 19.8. The minimum Gasteiger partial charge on any atom is -0.366 e. The van der Waals surface area contributed by atoms with Gasteiger partial charge in [-0.15, -0.1) is 0 Å². The molecule has 8 nitrogen and oxygen atoms in total. The quantitative estimate of drug-likeness (QED) is 0.688. The van der Waals surface area contributed by atoms with Crippen molar-refractivity contribution in [3.63, 3.8) is 0 Å². The molecule has 2 bridgehead atoms. The molecule has 2 aliphatic rings. The topological polar surface area (TPSA) is 103 Å². The van der Waals surface area contributed by atoms with Gasteiger partial charge in [0.15, 0.2) is 5.65 Å². The van der Waals surface area contributed by atoms with E-state index < -0.39 is 0 Å². The lowest BCUT2D eigenvalue weighted by Crippen LogP contribution is -2.49. The molecular formula is C20H26N6O2. The molecule has 4 rings (SSSR count). The van der Waals surface area contributed by atoms with Gasteiger partial charge in [-0.05, 0) is 45.6 Å². The summed E-state index contributed by atoms with van der Waals surface area (Å²) in [4.78, 5) is 38.5. The molecule has 1 unspecified atom stereocenters. The third-order valence-electron chi connectivity index (χ3n) is 5.56. The van der Waals surface area contributed by atoms with Crippen molar-refractivity contribution in [2.75, 3.05) is 5.32 Å². The average Bonchev–Trinajstić information content (AvgIpc) is 3.19. The van der Waals surface area contributed by atoms with E-state index in [9.17, 15) is 9.59 Å². The zero-order valence-corrected chi connectivity index (χ0v) is 16.2. The Bertz CT molecular complexity index is 907. The molecule has 28 heavy (non-hydrogen) atoms. The van der Waals surface area contributed by atoms with Gasteiger partial charge in [0.1, 0.15) is 11.3 Å². The van der Waals surface area contributed by atoms with Crippen LogP contribution in [0.3, 0.4) is 0 Å². The van der Waals surface area contributed by atoms with E-state index in [0.29, 0.717) is 22.5 Å². The van der Waals surface area contributed by atoms with Gasteiger partial charge in [-0.3, -0.25) is 9.59 Å². The molecule has 0 aromatic carbocycles. The second-order valence-electron chi connectivity index (χ2n) is 7.93. The van der Waals surface area contributed by atoms with Gasteiger partial charge in [0.05, 0.1) is 11.8 Å². The van der Waals surface area contributed by atoms with Crippen LogP contribution in [-0.4, -0.2) is 55.8 Å². The fourth-order valence-corrected chi connectivity index (χ4v) is 4.44. The van der Waals surface area contributed by atoms with Crippen LogP contribution in [-0.2, 0) is 4.79 Å². The molecule has 2 saturated heterocycles. The van der Waals surface area contributed by atoms with Crippen molar-refractivity contribution in [3.8, 4) is 0 Å². The summed E-state index contributed by atoms with van der Waals surface area (Å²) in [5, 5.41) is 6.35. The molecular weight excluding hydrogens is 356 g/mol. The van der Waals surface area contributed by atoms with Gasteiger partial charge in [-0.1, -0.05) is 6.58 Å². The highest BCUT2D eigenvalue weighted by Crippen LogP contribution is 2.36. The Kier molecular flexibility index (Phi) is 4.78. The van der Waals surface area contributed by atoms with Gasteiger partial charge in [-0.2, -0.15) is 0 Å². The summed E-state index contributed by atoms with van der Waals surface area (Å²) in [6, 6.07) is 0.770. The summed E-state index contributed by atoms with van der Waals surface area (Å²) in [7, 11) is 0. The Morgan fingerprint density at radius 3 is 2.68 bits per heavy atom. The van der Waals surface area contributed by atoms with E-state index in [0.717, 1.165) is 25.7 Å². The van der Waals surface area contributed by atoms with Gasteiger partial charge in [0.25, 0.3) is 5.91 Å². The molecule has 0 saturated carbocycles. The van der Waals surface area contributed by atoms with Crippen LogP contribution in [0.15, 0.2) is 25.0 Å². The van der Waals surface area contributed by atoms with Crippen LogP contribution in [0.2, 0.25) is 0 Å². The zero-order valence-electron chi connectivity index (χ0n) is 16.2. The van der Waals surface area contributed by atoms with Crippen LogP contribution in [0.4, 0.5) is 5.82 Å². The predicted octanol–water partition coefficient (Wildman–Crippen LogP) is 2.22. The third kappa shape index (κ3) is 3.34. The van der Waals surface area contributed by atoms with E-state index in [1.54, 1.807) is 12.4 Å². The molecule has 0 spiro atoms. The van der Waals surface area contributed by atoms with Crippen LogP contribution < -0.4 is 10.6 Å². The maximum absolute atomic E-state index is 12.4. The minimum absolute atomic E-state index is 0.0280. The van der Waals surface area contributed by atoms with Crippen molar-refractivity contribution in [2.45, 2.75) is 63.7 Å². The van der Waals surface area contributed by atoms with E-state index in [1.165, 1.54) is 6.08 Å². The van der Waals surface area contributed by atoms with Gasteiger partial charge in [0.2, 0.25) is 5.91 Å². The van der Waals surface area contributed by atoms with Crippen molar-refractivity contribution in [2.24, 2.45) is 0 Å². The lowest BCUT2D eigenvalue weighted by atomic mass is 9.97. The summed E-state index contributed by atoms with van der Waals surface area (Å²) in [5.74, 6) is 0.515. The van der Waals surface area contributed by atoms with Gasteiger partial charge >= 0.3 is 0 Å². The van der Waals surface area contributed by atoms with E-state index in [-0.39, 0.29) is 36.0 Å². The SMILES string of the molecule is C=CC(=O)N1[C@@H]2CC[C@H]1CC(Nc1cnc3[nH]cc(C(=O)NC(C)C)c3n1)C2. The number of anilines is 1. The number of hydrogen-bond donors (Lipinski definition) is 3. The number of hydrogen-bond acceptors (Lipinski definition) is 5. The normalized spacial score (nSPS) is 23.8. The average molecular weight is 382 g/mol. The highest BCUT2D eigenvalue weighted by atomic mass is 16.2. The second kappa shape index (κ2) is 7.26. The fourth-order valence-electron chi connectivity index (χ4n) is 4.44. The van der Waals surface area contributed by atoms with Crippen molar-refractivity contribution in [1.29, 1.82) is 0 Å². The maximum Gasteiger partial charge on any atom is 0.255 e. The molecule has 2 aromatic rings. The number of rotatable bonds is 5. The molecule has 8 heteroatoms. The first kappa shape index (κ1) is 18.5. The molecule has 2 aliphatic heterocycles. The second-order valence-corrected chi connectivity index (χ2v) is 7.93. The summed E-state index contributed by atoms with van der Waals surface area (Å²) in [6.45, 7) is 7.46. The van der Waals surface area contributed by atoms with E-state index in [4.69, 9.17) is 0 Å². The summed E-state index contributed by atoms with van der Waals surface area (Å²) in [6.07, 6.45) is 8.56. The Balaban J connectivity index is 1.51. The molecule has 3 atom stereocenters. The summed E-state index contributed by atoms with van der Waals surface area (Å²) >= 11 is 0. The number of H-pyrrole nitrogens is 1. The standard InChI is InChI=1S/C20H26N6O2/c1-4-17(27)26-13-5-6-14(26)8-12(7-13)24-16-10-22-19-18(25-16)15(9-21-19)20(28)23-11(2)3/h4,9-14H,1,5-8H2,2-3H3,(H,21,22)(H,23,28)(H,24,25)/t12?,13-,14+. The van der Waals surface area contributed by atoms with Crippen LogP contribution >= 0.6 is 0 Å². The van der Waals surface area contributed by atoms with E-state index in [1.807, 2.05) is 18.7 Å². The first-order valence-corrected chi connectivity index (χ1v) is 9.82. The molecule has 2 fully saturated rings. The number of aromatic nitrogens is 3. The van der Waals surface area contributed by atoms with E-state index >= 15 is 0 Å². The smallest absolute Gasteiger partial charge is 0.255 e. The highest BCUT2D eigenvalue weighted by molar-refractivity contribution is 6.04. The van der Waals surface area contributed by atoms with Gasteiger partial charge in [0, 0.05) is 30.4 Å². The molecule has 0 aliphatic carbocycles. The molecule has 2 aromatic heterocycles. The molecule has 2 amide bonds. The number of fused-ring (bicyclic) bond motifs is 3. The molecule has 4 heterocycles. The molecule has 148 valence electrons. The van der Waals surface area contributed by atoms with Crippen molar-refractivity contribution >= 4 is 28.8 Å². The van der Waals surface area contributed by atoms with Crippen molar-refractivity contribution in [1.82, 2.24) is 25.2 Å². The number of nitrogens with one attached hydrogen (secondary N) is 3. The monoisotopic (exact) mass is 382 g/mol. The number of carbonyl (C=O) groups excluding carboxylic acids is 2. The summed E-state index contributed by atoms with van der Waals surface area (Å²) in [5.41, 5.74) is 1.64. The number of piperidine rings is 1.